The summed E-state index contributed by atoms with van der Waals surface area (Å²) in [5.41, 5.74) is 2.28. The van der Waals surface area contributed by atoms with Crippen LogP contribution in [0.5, 0.6) is 17.2 Å². The Morgan fingerprint density at radius 3 is 1.96 bits per heavy atom. The highest BCUT2D eigenvalue weighted by Crippen LogP contribution is 2.39. The number of rotatable bonds is 6. The Morgan fingerprint density at radius 2 is 1.56 bits per heavy atom. The molecule has 0 fully saturated rings. The highest BCUT2D eigenvalue weighted by molar-refractivity contribution is 5.97. The number of methoxy groups -OCH3 is 3. The molecule has 0 saturated carbocycles. The lowest BCUT2D eigenvalue weighted by Crippen LogP contribution is -2.27. The van der Waals surface area contributed by atoms with E-state index in [-0.39, 0.29) is 11.9 Å². The Labute approximate surface area is 148 Å². The third-order valence-electron chi connectivity index (χ3n) is 4.32. The first-order valence-corrected chi connectivity index (χ1v) is 8.01. The van der Waals surface area contributed by atoms with Gasteiger partial charge in [0, 0.05) is 5.56 Å². The summed E-state index contributed by atoms with van der Waals surface area (Å²) in [5.74, 6) is 2.80. The first-order valence-electron chi connectivity index (χ1n) is 8.01. The number of amides is 1. The minimum absolute atomic E-state index is 0.173. The smallest absolute Gasteiger partial charge is 0.255 e. The lowest BCUT2D eigenvalue weighted by molar-refractivity contribution is 0.0937. The van der Waals surface area contributed by atoms with Gasteiger partial charge in [-0.1, -0.05) is 0 Å². The Hall–Kier alpha value is -2.63. The van der Waals surface area contributed by atoms with Crippen molar-refractivity contribution in [3.8, 4) is 17.2 Å². The van der Waals surface area contributed by atoms with E-state index in [0.717, 1.165) is 16.9 Å². The summed E-state index contributed by atoms with van der Waals surface area (Å²) >= 11 is 0. The summed E-state index contributed by atoms with van der Waals surface area (Å²) in [4.78, 5) is 12.7. The number of furan rings is 1. The molecule has 6 heteroatoms. The molecule has 2 aromatic rings. The van der Waals surface area contributed by atoms with Gasteiger partial charge in [-0.3, -0.25) is 4.79 Å². The maximum atomic E-state index is 12.7. The molecule has 0 bridgehead atoms. The zero-order valence-corrected chi connectivity index (χ0v) is 15.8. The monoisotopic (exact) mass is 347 g/mol. The molecule has 25 heavy (non-hydrogen) atoms. The fourth-order valence-corrected chi connectivity index (χ4v) is 2.83. The molecule has 0 aliphatic heterocycles. The quantitative estimate of drug-likeness (QED) is 0.862. The average Bonchev–Trinajstić information content (AvgIpc) is 2.85. The maximum absolute atomic E-state index is 12.7. The second-order valence-corrected chi connectivity index (χ2v) is 5.87. The van der Waals surface area contributed by atoms with E-state index in [4.69, 9.17) is 18.6 Å². The first kappa shape index (κ1) is 18.7. The number of hydrogen-bond acceptors (Lipinski definition) is 5. The molecule has 1 aromatic carbocycles. The predicted octanol–water partition coefficient (Wildman–Crippen LogP) is 3.72. The summed E-state index contributed by atoms with van der Waals surface area (Å²) in [6.07, 6.45) is 0. The van der Waals surface area contributed by atoms with E-state index >= 15 is 0 Å². The van der Waals surface area contributed by atoms with E-state index in [1.54, 1.807) is 28.3 Å². The SMILES string of the molecule is COc1cc([C@@H](C)NC(=O)c2c(C)oc(C)c2C)cc(OC)c1OC. The molecule has 0 radical (unpaired) electrons. The van der Waals surface area contributed by atoms with E-state index in [2.05, 4.69) is 5.32 Å². The summed E-state index contributed by atoms with van der Waals surface area (Å²) in [6.45, 7) is 7.42. The van der Waals surface area contributed by atoms with E-state index in [0.29, 0.717) is 28.6 Å². The Morgan fingerprint density at radius 1 is 1.00 bits per heavy atom. The fraction of sp³-hybridized carbons (Fsp3) is 0.421. The van der Waals surface area contributed by atoms with Crippen LogP contribution < -0.4 is 19.5 Å². The Kier molecular flexibility index (Phi) is 5.62. The van der Waals surface area contributed by atoms with Crippen molar-refractivity contribution >= 4 is 5.91 Å². The van der Waals surface area contributed by atoms with Gasteiger partial charge in [0.1, 0.15) is 11.5 Å². The molecular weight excluding hydrogens is 322 g/mol. The number of benzene rings is 1. The highest BCUT2D eigenvalue weighted by Gasteiger charge is 2.22. The second kappa shape index (κ2) is 7.51. The molecule has 1 atom stereocenters. The van der Waals surface area contributed by atoms with Gasteiger partial charge < -0.3 is 23.9 Å². The number of carbonyl (C=O) groups excluding carboxylic acids is 1. The summed E-state index contributed by atoms with van der Waals surface area (Å²) < 4.78 is 21.6. The molecule has 6 nitrogen and oxygen atoms in total. The molecule has 1 aromatic heterocycles. The number of nitrogens with one attached hydrogen (secondary N) is 1. The molecule has 0 aliphatic rings. The largest absolute Gasteiger partial charge is 0.493 e. The second-order valence-electron chi connectivity index (χ2n) is 5.87. The van der Waals surface area contributed by atoms with Crippen LogP contribution in [0, 0.1) is 20.8 Å². The van der Waals surface area contributed by atoms with Crippen LogP contribution in [-0.4, -0.2) is 27.2 Å². The predicted molar refractivity (Wildman–Crippen MR) is 94.9 cm³/mol. The number of carbonyl (C=O) groups is 1. The summed E-state index contributed by atoms with van der Waals surface area (Å²) in [5, 5.41) is 3.00. The van der Waals surface area contributed by atoms with E-state index < -0.39 is 0 Å². The van der Waals surface area contributed by atoms with Crippen molar-refractivity contribution in [3.05, 3.63) is 40.3 Å². The molecule has 0 aliphatic carbocycles. The van der Waals surface area contributed by atoms with Crippen LogP contribution in [-0.2, 0) is 0 Å². The summed E-state index contributed by atoms with van der Waals surface area (Å²) in [7, 11) is 4.68. The van der Waals surface area contributed by atoms with Crippen molar-refractivity contribution in [1.29, 1.82) is 0 Å². The van der Waals surface area contributed by atoms with Crippen LogP contribution >= 0.6 is 0 Å². The topological polar surface area (TPSA) is 69.9 Å². The van der Waals surface area contributed by atoms with Crippen molar-refractivity contribution in [2.75, 3.05) is 21.3 Å². The molecule has 0 spiro atoms. The molecule has 0 saturated heterocycles. The number of ether oxygens (including phenoxy) is 3. The van der Waals surface area contributed by atoms with Crippen molar-refractivity contribution < 1.29 is 23.4 Å². The maximum Gasteiger partial charge on any atom is 0.255 e. The molecule has 1 heterocycles. The lowest BCUT2D eigenvalue weighted by Gasteiger charge is -2.19. The van der Waals surface area contributed by atoms with Gasteiger partial charge in [-0.2, -0.15) is 0 Å². The highest BCUT2D eigenvalue weighted by atomic mass is 16.5. The molecule has 0 unspecified atom stereocenters. The van der Waals surface area contributed by atoms with Crippen LogP contribution in [0.15, 0.2) is 16.5 Å². The fourth-order valence-electron chi connectivity index (χ4n) is 2.83. The van der Waals surface area contributed by atoms with Crippen molar-refractivity contribution in [2.24, 2.45) is 0 Å². The molecule has 1 N–H and O–H groups in total. The minimum atomic E-state index is -0.254. The zero-order valence-electron chi connectivity index (χ0n) is 15.8. The first-order chi connectivity index (χ1) is 11.8. The normalized spacial score (nSPS) is 11.8. The Bertz CT molecular complexity index is 753. The third-order valence-corrected chi connectivity index (χ3v) is 4.32. The third kappa shape index (κ3) is 3.57. The number of hydrogen-bond donors (Lipinski definition) is 1. The molecule has 2 rings (SSSR count). The van der Waals surface area contributed by atoms with Crippen LogP contribution in [0.3, 0.4) is 0 Å². The van der Waals surface area contributed by atoms with Crippen LogP contribution in [0.4, 0.5) is 0 Å². The Balaban J connectivity index is 2.31. The summed E-state index contributed by atoms with van der Waals surface area (Å²) in [6, 6.07) is 3.40. The van der Waals surface area contributed by atoms with Gasteiger partial charge in [-0.05, 0) is 45.4 Å². The van der Waals surface area contributed by atoms with Crippen molar-refractivity contribution in [3.63, 3.8) is 0 Å². The zero-order chi connectivity index (χ0) is 18.7. The van der Waals surface area contributed by atoms with Crippen LogP contribution in [0.2, 0.25) is 0 Å². The van der Waals surface area contributed by atoms with Crippen LogP contribution in [0.1, 0.15) is 46.0 Å². The van der Waals surface area contributed by atoms with E-state index in [1.807, 2.05) is 32.9 Å². The van der Waals surface area contributed by atoms with Crippen molar-refractivity contribution in [1.82, 2.24) is 5.32 Å². The van der Waals surface area contributed by atoms with Crippen molar-refractivity contribution in [2.45, 2.75) is 33.7 Å². The molecular formula is C19H25NO5. The number of aryl methyl sites for hydroxylation is 2. The minimum Gasteiger partial charge on any atom is -0.493 e. The molecule has 136 valence electrons. The van der Waals surface area contributed by atoms with Gasteiger partial charge >= 0.3 is 0 Å². The van der Waals surface area contributed by atoms with E-state index in [1.165, 1.54) is 0 Å². The standard InChI is InChI=1S/C19H25NO5/c1-10-12(3)25-13(4)17(10)19(21)20-11(2)14-8-15(22-5)18(24-7)16(9-14)23-6/h8-9,11H,1-7H3,(H,20,21)/t11-/m1/s1. The van der Waals surface area contributed by atoms with E-state index in [9.17, 15) is 4.79 Å². The van der Waals surface area contributed by atoms with Gasteiger partial charge in [0.15, 0.2) is 11.5 Å². The van der Waals surface area contributed by atoms with Gasteiger partial charge in [0.05, 0.1) is 32.9 Å². The van der Waals surface area contributed by atoms with Gasteiger partial charge in [-0.25, -0.2) is 0 Å². The average molecular weight is 347 g/mol. The molecule has 1 amide bonds. The van der Waals surface area contributed by atoms with Crippen LogP contribution in [0.25, 0.3) is 0 Å². The lowest BCUT2D eigenvalue weighted by atomic mass is 10.0. The van der Waals surface area contributed by atoms with Gasteiger partial charge in [-0.15, -0.1) is 0 Å². The van der Waals surface area contributed by atoms with Gasteiger partial charge in [0.2, 0.25) is 5.75 Å². The van der Waals surface area contributed by atoms with Gasteiger partial charge in [0.25, 0.3) is 5.91 Å².